The molecule has 176 valence electrons. The fourth-order valence-corrected chi connectivity index (χ4v) is 4.32. The lowest BCUT2D eigenvalue weighted by Crippen LogP contribution is -2.61. The van der Waals surface area contributed by atoms with Crippen molar-refractivity contribution in [2.45, 2.75) is 26.3 Å². The molecular weight excluding hydrogens is 444 g/mol. The van der Waals surface area contributed by atoms with Gasteiger partial charge in [0, 0.05) is 12.6 Å². The van der Waals surface area contributed by atoms with Gasteiger partial charge in [0.25, 0.3) is 5.91 Å². The first-order valence-electron chi connectivity index (χ1n) is 10.8. The van der Waals surface area contributed by atoms with Crippen LogP contribution in [0.2, 0.25) is 0 Å². The quantitative estimate of drug-likeness (QED) is 0.469. The third kappa shape index (κ3) is 3.88. The number of amides is 2. The summed E-state index contributed by atoms with van der Waals surface area (Å²) in [5, 5.41) is 15.0. The molecule has 1 aromatic heterocycles. The minimum absolute atomic E-state index is 0.175. The lowest BCUT2D eigenvalue weighted by Gasteiger charge is -2.37. The average molecular weight is 467 g/mol. The molecule has 3 atom stereocenters. The lowest BCUT2D eigenvalue weighted by molar-refractivity contribution is -0.129. The van der Waals surface area contributed by atoms with Gasteiger partial charge in [0.1, 0.15) is 29.2 Å². The van der Waals surface area contributed by atoms with Gasteiger partial charge in [-0.05, 0) is 43.7 Å². The molecule has 3 unspecified atom stereocenters. The lowest BCUT2D eigenvalue weighted by atomic mass is 10.0. The first-order valence-corrected chi connectivity index (χ1v) is 10.8. The van der Waals surface area contributed by atoms with E-state index < -0.39 is 35.6 Å². The normalized spacial score (nSPS) is 21.8. The Morgan fingerprint density at radius 3 is 2.59 bits per heavy atom. The number of aryl methyl sites for hydroxylation is 2. The highest BCUT2D eigenvalue weighted by molar-refractivity contribution is 6.04. The van der Waals surface area contributed by atoms with Crippen molar-refractivity contribution < 1.29 is 18.4 Å². The number of hydrogen-bond donors (Lipinski definition) is 4. The van der Waals surface area contributed by atoms with Crippen LogP contribution >= 0.6 is 0 Å². The molecule has 0 bridgehead atoms. The van der Waals surface area contributed by atoms with Crippen LogP contribution in [-0.4, -0.2) is 34.3 Å². The number of carbonyl (C=O) groups excluding carboxylic acids is 2. The third-order valence-electron chi connectivity index (χ3n) is 5.90. The largest absolute Gasteiger partial charge is 0.321 e. The summed E-state index contributed by atoms with van der Waals surface area (Å²) in [6.07, 6.45) is -1.20. The molecule has 0 saturated carbocycles. The number of hydrogen-bond acceptors (Lipinski definition) is 6. The molecule has 2 aromatic carbocycles. The van der Waals surface area contributed by atoms with Gasteiger partial charge in [-0.15, -0.1) is 0 Å². The Balaban J connectivity index is 1.42. The van der Waals surface area contributed by atoms with Gasteiger partial charge in [-0.2, -0.15) is 5.10 Å². The number of hydrazine groups is 1. The second-order valence-electron chi connectivity index (χ2n) is 8.37. The summed E-state index contributed by atoms with van der Waals surface area (Å²) >= 11 is 0. The van der Waals surface area contributed by atoms with Crippen molar-refractivity contribution in [3.8, 4) is 0 Å². The zero-order chi connectivity index (χ0) is 24.0. The van der Waals surface area contributed by atoms with Gasteiger partial charge < -0.3 is 10.6 Å². The molecule has 2 saturated heterocycles. The molecule has 2 aliphatic rings. The maximum atomic E-state index is 14.1. The first kappa shape index (κ1) is 22.0. The van der Waals surface area contributed by atoms with Crippen LogP contribution in [0.4, 0.5) is 20.3 Å². The second-order valence-corrected chi connectivity index (χ2v) is 8.37. The molecule has 3 aromatic rings. The van der Waals surface area contributed by atoms with Gasteiger partial charge in [0.05, 0.1) is 17.3 Å². The van der Waals surface area contributed by atoms with Crippen molar-refractivity contribution in [2.24, 2.45) is 5.92 Å². The summed E-state index contributed by atoms with van der Waals surface area (Å²) in [5.41, 5.74) is 5.08. The summed E-state index contributed by atoms with van der Waals surface area (Å²) in [6, 6.07) is 12.6. The van der Waals surface area contributed by atoms with Crippen LogP contribution in [-0.2, 0) is 4.79 Å². The molecule has 2 aliphatic heterocycles. The maximum absolute atomic E-state index is 14.1. The number of nitrogens with one attached hydrogen (secondary N) is 4. The van der Waals surface area contributed by atoms with Gasteiger partial charge in [-0.25, -0.2) is 18.9 Å². The van der Waals surface area contributed by atoms with Crippen molar-refractivity contribution >= 4 is 23.3 Å². The van der Waals surface area contributed by atoms with E-state index in [2.05, 4.69) is 26.5 Å². The molecule has 2 fully saturated rings. The number of fused-ring (bicyclic) bond motifs is 1. The van der Waals surface area contributed by atoms with Gasteiger partial charge in [-0.1, -0.05) is 18.2 Å². The van der Waals surface area contributed by atoms with Crippen molar-refractivity contribution in [3.05, 3.63) is 77.0 Å². The minimum Gasteiger partial charge on any atom is -0.321 e. The van der Waals surface area contributed by atoms with Crippen LogP contribution in [0.25, 0.3) is 0 Å². The van der Waals surface area contributed by atoms with Crippen LogP contribution in [0.5, 0.6) is 0 Å². The Morgan fingerprint density at radius 2 is 1.85 bits per heavy atom. The zero-order valence-corrected chi connectivity index (χ0v) is 18.5. The van der Waals surface area contributed by atoms with E-state index in [4.69, 9.17) is 0 Å². The summed E-state index contributed by atoms with van der Waals surface area (Å²) < 4.78 is 29.6. The van der Waals surface area contributed by atoms with E-state index in [1.165, 1.54) is 10.7 Å². The molecule has 34 heavy (non-hydrogen) atoms. The van der Waals surface area contributed by atoms with Crippen molar-refractivity contribution in [3.63, 3.8) is 0 Å². The number of carbonyl (C=O) groups is 2. The van der Waals surface area contributed by atoms with E-state index in [9.17, 15) is 18.4 Å². The molecule has 9 nitrogen and oxygen atoms in total. The maximum Gasteiger partial charge on any atom is 0.262 e. The monoisotopic (exact) mass is 467 g/mol. The fraction of sp³-hybridized carbons (Fsp3) is 0.261. The van der Waals surface area contributed by atoms with Crippen molar-refractivity contribution in [2.75, 3.05) is 16.9 Å². The minimum atomic E-state index is -0.974. The summed E-state index contributed by atoms with van der Waals surface area (Å²) in [7, 11) is 0. The van der Waals surface area contributed by atoms with E-state index >= 15 is 0 Å². The number of nitrogens with zero attached hydrogens (tertiary/aromatic N) is 3. The number of aromatic nitrogens is 2. The average Bonchev–Trinajstić information content (AvgIpc) is 3.37. The van der Waals surface area contributed by atoms with Crippen LogP contribution in [0.15, 0.2) is 48.5 Å². The SMILES string of the molecule is Cc1cccc(N2NCC3C(=O)NC(n4nc(C)cc4NC(=O)c4c(F)cccc4F)NC32)c1. The van der Waals surface area contributed by atoms with Crippen LogP contribution in [0.3, 0.4) is 0 Å². The molecule has 3 heterocycles. The Labute approximate surface area is 194 Å². The predicted octanol–water partition coefficient (Wildman–Crippen LogP) is 2.17. The number of anilines is 2. The van der Waals surface area contributed by atoms with Crippen LogP contribution in [0.1, 0.15) is 27.9 Å². The topological polar surface area (TPSA) is 103 Å². The highest BCUT2D eigenvalue weighted by Crippen LogP contribution is 2.28. The van der Waals surface area contributed by atoms with Crippen molar-refractivity contribution in [1.29, 1.82) is 0 Å². The Kier molecular flexibility index (Phi) is 5.50. The molecule has 2 amide bonds. The Hall–Kier alpha value is -3.83. The second kappa shape index (κ2) is 8.50. The van der Waals surface area contributed by atoms with Gasteiger partial charge in [-0.3, -0.25) is 19.9 Å². The standard InChI is InChI=1S/C23H23F2N7O2/c1-12-5-3-6-14(9-12)31-20-15(11-26-31)21(33)29-23(28-20)32-18(10-13(2)30-32)27-22(34)19-16(24)7-4-8-17(19)25/h3-10,15,20,23,26,28H,11H2,1-2H3,(H,27,34)(H,29,33). The molecule has 11 heteroatoms. The van der Waals surface area contributed by atoms with E-state index in [1.807, 2.05) is 36.2 Å². The smallest absolute Gasteiger partial charge is 0.262 e. The number of rotatable bonds is 4. The summed E-state index contributed by atoms with van der Waals surface area (Å²) in [5.74, 6) is -3.28. The highest BCUT2D eigenvalue weighted by Gasteiger charge is 2.45. The molecular formula is C23H23F2N7O2. The van der Waals surface area contributed by atoms with Gasteiger partial charge in [0.2, 0.25) is 5.91 Å². The van der Waals surface area contributed by atoms with Gasteiger partial charge >= 0.3 is 0 Å². The molecule has 4 N–H and O–H groups in total. The van der Waals surface area contributed by atoms with Crippen molar-refractivity contribution in [1.82, 2.24) is 25.8 Å². The third-order valence-corrected chi connectivity index (χ3v) is 5.90. The summed E-state index contributed by atoms with van der Waals surface area (Å²) in [6.45, 7) is 4.14. The predicted molar refractivity (Wildman–Crippen MR) is 121 cm³/mol. The highest BCUT2D eigenvalue weighted by atomic mass is 19.1. The zero-order valence-electron chi connectivity index (χ0n) is 18.5. The van der Waals surface area contributed by atoms with Crippen LogP contribution in [0, 0.1) is 31.4 Å². The molecule has 0 radical (unpaired) electrons. The summed E-state index contributed by atoms with van der Waals surface area (Å²) in [4.78, 5) is 25.6. The number of halogens is 2. The molecule has 5 rings (SSSR count). The van der Waals surface area contributed by atoms with E-state index in [0.29, 0.717) is 12.2 Å². The van der Waals surface area contributed by atoms with E-state index in [-0.39, 0.29) is 17.6 Å². The first-order chi connectivity index (χ1) is 16.3. The Morgan fingerprint density at radius 1 is 1.12 bits per heavy atom. The number of benzene rings is 2. The Bertz CT molecular complexity index is 1260. The molecule has 0 aliphatic carbocycles. The van der Waals surface area contributed by atoms with E-state index in [1.54, 1.807) is 13.0 Å². The van der Waals surface area contributed by atoms with Crippen LogP contribution < -0.4 is 26.4 Å². The van der Waals surface area contributed by atoms with E-state index in [0.717, 1.165) is 23.4 Å². The van der Waals surface area contributed by atoms with Gasteiger partial charge in [0.15, 0.2) is 6.29 Å². The fourth-order valence-electron chi connectivity index (χ4n) is 4.32. The molecule has 0 spiro atoms.